The molecule has 0 aromatic heterocycles. The number of anilines is 3. The number of rotatable bonds is 5. The second-order valence-corrected chi connectivity index (χ2v) is 6.69. The van der Waals surface area contributed by atoms with Gasteiger partial charge in [-0.25, -0.2) is 9.59 Å². The van der Waals surface area contributed by atoms with E-state index in [0.29, 0.717) is 22.8 Å². The van der Waals surface area contributed by atoms with Crippen molar-refractivity contribution in [3.05, 3.63) is 78.9 Å². The maximum absolute atomic E-state index is 12.1. The van der Waals surface area contributed by atoms with Gasteiger partial charge < -0.3 is 19.9 Å². The van der Waals surface area contributed by atoms with Gasteiger partial charge in [0.2, 0.25) is 0 Å². The van der Waals surface area contributed by atoms with Crippen molar-refractivity contribution < 1.29 is 23.1 Å². The molecule has 1 unspecified atom stereocenters. The summed E-state index contributed by atoms with van der Waals surface area (Å²) in [5, 5.41) is 7.79. The Bertz CT molecular complexity index is 1030. The quantitative estimate of drug-likeness (QED) is 0.545. The van der Waals surface area contributed by atoms with Crippen LogP contribution in [0, 0.1) is 0 Å². The standard InChI is InChI=1S/C20H17N3O5S/c24-19(21-14-9-11-18(12-10-14)29(26)27)22-15-5-4-6-16(13-15)23-20(25)28-17-7-2-1-3-8-17/h1-13H,(H,23,25)(H,26,27)(H2,21,22,24)/p-1. The lowest BCUT2D eigenvalue weighted by Crippen LogP contribution is -2.20. The molecule has 0 saturated carbocycles. The molecule has 3 aromatic carbocycles. The molecule has 3 amide bonds. The van der Waals surface area contributed by atoms with Crippen molar-refractivity contribution in [3.63, 3.8) is 0 Å². The van der Waals surface area contributed by atoms with E-state index in [-0.39, 0.29) is 4.90 Å². The molecule has 0 heterocycles. The molecular formula is C20H16N3O5S-. The lowest BCUT2D eigenvalue weighted by atomic mass is 10.3. The summed E-state index contributed by atoms with van der Waals surface area (Å²) < 4.78 is 26.8. The predicted octanol–water partition coefficient (Wildman–Crippen LogP) is 4.18. The van der Waals surface area contributed by atoms with Crippen LogP contribution in [0.3, 0.4) is 0 Å². The van der Waals surface area contributed by atoms with Gasteiger partial charge in [-0.3, -0.25) is 9.53 Å². The van der Waals surface area contributed by atoms with Gasteiger partial charge in [0.05, 0.1) is 0 Å². The van der Waals surface area contributed by atoms with E-state index < -0.39 is 23.2 Å². The SMILES string of the molecule is O=C(Nc1ccc(S(=O)[O-])cc1)Nc1cccc(NC(=O)Oc2ccccc2)c1. The van der Waals surface area contributed by atoms with Crippen LogP contribution >= 0.6 is 0 Å². The van der Waals surface area contributed by atoms with E-state index in [1.807, 2.05) is 6.07 Å². The molecule has 29 heavy (non-hydrogen) atoms. The van der Waals surface area contributed by atoms with Crippen LogP contribution in [-0.2, 0) is 11.1 Å². The van der Waals surface area contributed by atoms with Crippen LogP contribution in [0.25, 0.3) is 0 Å². The highest BCUT2D eigenvalue weighted by atomic mass is 32.2. The molecule has 0 radical (unpaired) electrons. The Morgan fingerprint density at radius 3 is 2.03 bits per heavy atom. The first-order valence-corrected chi connectivity index (χ1v) is 9.48. The van der Waals surface area contributed by atoms with E-state index in [1.54, 1.807) is 48.5 Å². The predicted molar refractivity (Wildman–Crippen MR) is 109 cm³/mol. The second-order valence-electron chi connectivity index (χ2n) is 5.75. The number of urea groups is 1. The third kappa shape index (κ3) is 6.16. The number of ether oxygens (including phenoxy) is 1. The van der Waals surface area contributed by atoms with Crippen LogP contribution in [0.5, 0.6) is 5.75 Å². The fourth-order valence-electron chi connectivity index (χ4n) is 2.36. The van der Waals surface area contributed by atoms with Gasteiger partial charge in [-0.1, -0.05) is 24.3 Å². The average Bonchev–Trinajstić information content (AvgIpc) is 2.69. The van der Waals surface area contributed by atoms with Crippen LogP contribution < -0.4 is 20.7 Å². The topological polar surface area (TPSA) is 120 Å². The average molecular weight is 410 g/mol. The van der Waals surface area contributed by atoms with Crippen LogP contribution in [0.15, 0.2) is 83.8 Å². The number of hydrogen-bond donors (Lipinski definition) is 3. The van der Waals surface area contributed by atoms with Gasteiger partial charge >= 0.3 is 12.1 Å². The first-order valence-electron chi connectivity index (χ1n) is 8.41. The number of carbonyl (C=O) groups excluding carboxylic acids is 2. The van der Waals surface area contributed by atoms with Crippen molar-refractivity contribution in [3.8, 4) is 5.75 Å². The lowest BCUT2D eigenvalue weighted by Gasteiger charge is -2.11. The first kappa shape index (κ1) is 20.1. The monoisotopic (exact) mass is 410 g/mol. The Kier molecular flexibility index (Phi) is 6.56. The number of amides is 3. The molecule has 148 valence electrons. The van der Waals surface area contributed by atoms with Gasteiger partial charge in [0, 0.05) is 22.0 Å². The first-order chi connectivity index (χ1) is 14.0. The number of hydrogen-bond acceptors (Lipinski definition) is 5. The lowest BCUT2D eigenvalue weighted by molar-refractivity contribution is 0.215. The minimum Gasteiger partial charge on any atom is -0.768 e. The van der Waals surface area contributed by atoms with Gasteiger partial charge in [0.25, 0.3) is 0 Å². The highest BCUT2D eigenvalue weighted by molar-refractivity contribution is 7.79. The van der Waals surface area contributed by atoms with Gasteiger partial charge in [0.1, 0.15) is 5.75 Å². The van der Waals surface area contributed by atoms with Crippen molar-refractivity contribution in [1.29, 1.82) is 0 Å². The molecule has 0 fully saturated rings. The molecule has 8 nitrogen and oxygen atoms in total. The van der Waals surface area contributed by atoms with Gasteiger partial charge in [-0.15, -0.1) is 0 Å². The zero-order valence-corrected chi connectivity index (χ0v) is 15.8. The summed E-state index contributed by atoms with van der Waals surface area (Å²) in [7, 11) is 0. The van der Waals surface area contributed by atoms with Crippen molar-refractivity contribution >= 4 is 40.3 Å². The Hall–Kier alpha value is -3.69. The molecule has 3 N–H and O–H groups in total. The van der Waals surface area contributed by atoms with Crippen molar-refractivity contribution in [2.75, 3.05) is 16.0 Å². The fraction of sp³-hybridized carbons (Fsp3) is 0. The number of nitrogens with one attached hydrogen (secondary N) is 3. The summed E-state index contributed by atoms with van der Waals surface area (Å²) in [6, 6.07) is 20.3. The third-order valence-electron chi connectivity index (χ3n) is 3.63. The summed E-state index contributed by atoms with van der Waals surface area (Å²) in [4.78, 5) is 24.2. The van der Waals surface area contributed by atoms with E-state index in [9.17, 15) is 18.4 Å². The fourth-order valence-corrected chi connectivity index (χ4v) is 2.71. The van der Waals surface area contributed by atoms with Crippen LogP contribution in [0.1, 0.15) is 0 Å². The Morgan fingerprint density at radius 2 is 1.38 bits per heavy atom. The third-order valence-corrected chi connectivity index (χ3v) is 4.28. The summed E-state index contributed by atoms with van der Waals surface area (Å²) in [6.07, 6.45) is -0.659. The number of carbonyl (C=O) groups is 2. The normalized spacial score (nSPS) is 11.2. The molecule has 0 bridgehead atoms. The van der Waals surface area contributed by atoms with E-state index in [0.717, 1.165) is 0 Å². The molecule has 1 atom stereocenters. The van der Waals surface area contributed by atoms with Gasteiger partial charge in [-0.05, 0) is 65.7 Å². The second kappa shape index (κ2) is 9.49. The number of para-hydroxylation sites is 1. The Balaban J connectivity index is 1.56. The molecular weight excluding hydrogens is 394 g/mol. The minimum absolute atomic E-state index is 0.122. The molecule has 0 aliphatic rings. The Labute approximate surface area is 169 Å². The van der Waals surface area contributed by atoms with E-state index in [2.05, 4.69) is 16.0 Å². The highest BCUT2D eigenvalue weighted by Gasteiger charge is 2.07. The maximum Gasteiger partial charge on any atom is 0.417 e. The summed E-state index contributed by atoms with van der Waals surface area (Å²) in [6.45, 7) is 0. The zero-order valence-electron chi connectivity index (χ0n) is 15.0. The van der Waals surface area contributed by atoms with Gasteiger partial charge in [-0.2, -0.15) is 0 Å². The zero-order chi connectivity index (χ0) is 20.6. The molecule has 0 aliphatic carbocycles. The minimum atomic E-state index is -2.33. The van der Waals surface area contributed by atoms with Gasteiger partial charge in [0.15, 0.2) is 0 Å². The van der Waals surface area contributed by atoms with E-state index in [4.69, 9.17) is 4.74 Å². The van der Waals surface area contributed by atoms with Crippen LogP contribution in [0.4, 0.5) is 26.7 Å². The highest BCUT2D eigenvalue weighted by Crippen LogP contribution is 2.17. The van der Waals surface area contributed by atoms with Crippen LogP contribution in [-0.4, -0.2) is 20.9 Å². The van der Waals surface area contributed by atoms with E-state index >= 15 is 0 Å². The van der Waals surface area contributed by atoms with Crippen LogP contribution in [0.2, 0.25) is 0 Å². The van der Waals surface area contributed by atoms with Crippen molar-refractivity contribution in [2.45, 2.75) is 4.90 Å². The molecule has 9 heteroatoms. The molecule has 0 saturated heterocycles. The Morgan fingerprint density at radius 1 is 0.759 bits per heavy atom. The summed E-state index contributed by atoms with van der Waals surface area (Å²) in [5.41, 5.74) is 1.31. The smallest absolute Gasteiger partial charge is 0.417 e. The largest absolute Gasteiger partial charge is 0.768 e. The number of benzene rings is 3. The van der Waals surface area contributed by atoms with E-state index in [1.165, 1.54) is 24.3 Å². The molecule has 0 aliphatic heterocycles. The molecule has 3 aromatic rings. The van der Waals surface area contributed by atoms with Crippen molar-refractivity contribution in [1.82, 2.24) is 0 Å². The molecule has 0 spiro atoms. The summed E-state index contributed by atoms with van der Waals surface area (Å²) >= 11 is -2.33. The van der Waals surface area contributed by atoms with Crippen molar-refractivity contribution in [2.24, 2.45) is 0 Å². The maximum atomic E-state index is 12.1. The summed E-state index contributed by atoms with van der Waals surface area (Å²) in [5.74, 6) is 0.408. The molecule has 3 rings (SSSR count).